The summed E-state index contributed by atoms with van der Waals surface area (Å²) in [5, 5.41) is 2.58. The molecule has 44 heavy (non-hydrogen) atoms. The first-order valence-corrected chi connectivity index (χ1v) is 15.2. The van der Waals surface area contributed by atoms with Crippen molar-refractivity contribution in [2.45, 2.75) is 44.4 Å². The standard InChI is InChI=1S/C29H28BrF3N2O8S/c1-28(2,3)42-27(37)35-15-19(18-12-8-9-13-21(18)43-44(38,39)29(31,32)33)23-20(30)14-22(24(25(23)35)34-26(36)40-4)41-16-17-10-6-5-7-11-17/h5-14,19H,15-16H2,1-4H3,(H,34,36). The Morgan fingerprint density at radius 3 is 2.27 bits per heavy atom. The first kappa shape index (κ1) is 32.9. The molecule has 236 valence electrons. The molecule has 1 atom stereocenters. The number of rotatable bonds is 7. The lowest BCUT2D eigenvalue weighted by Gasteiger charge is -2.27. The van der Waals surface area contributed by atoms with Crippen LogP contribution in [0.5, 0.6) is 11.5 Å². The molecule has 4 rings (SSSR count). The van der Waals surface area contributed by atoms with Crippen molar-refractivity contribution in [3.63, 3.8) is 0 Å². The van der Waals surface area contributed by atoms with Crippen molar-refractivity contribution in [3.05, 3.63) is 81.8 Å². The zero-order valence-electron chi connectivity index (χ0n) is 23.9. The number of amides is 2. The van der Waals surface area contributed by atoms with Crippen LogP contribution in [0, 0.1) is 0 Å². The van der Waals surface area contributed by atoms with Gasteiger partial charge >= 0.3 is 27.8 Å². The molecule has 15 heteroatoms. The van der Waals surface area contributed by atoms with Gasteiger partial charge in [-0.2, -0.15) is 21.6 Å². The van der Waals surface area contributed by atoms with Gasteiger partial charge in [0.05, 0.1) is 12.8 Å². The second kappa shape index (κ2) is 12.6. The summed E-state index contributed by atoms with van der Waals surface area (Å²) in [7, 11) is -4.88. The van der Waals surface area contributed by atoms with E-state index in [9.17, 15) is 31.2 Å². The molecule has 2 amide bonds. The molecule has 0 fully saturated rings. The van der Waals surface area contributed by atoms with Crippen molar-refractivity contribution in [2.75, 3.05) is 23.9 Å². The van der Waals surface area contributed by atoms with Crippen molar-refractivity contribution in [2.24, 2.45) is 0 Å². The Bertz CT molecular complexity index is 1660. The fourth-order valence-corrected chi connectivity index (χ4v) is 5.63. The molecule has 1 aliphatic rings. The van der Waals surface area contributed by atoms with Gasteiger partial charge in [0, 0.05) is 28.1 Å². The van der Waals surface area contributed by atoms with Crippen LogP contribution in [0.15, 0.2) is 65.1 Å². The number of carbonyl (C=O) groups is 2. The zero-order chi connectivity index (χ0) is 32.4. The maximum absolute atomic E-state index is 13.6. The molecule has 1 unspecified atom stereocenters. The highest BCUT2D eigenvalue weighted by Crippen LogP contribution is 2.53. The summed E-state index contributed by atoms with van der Waals surface area (Å²) in [6, 6.07) is 15.9. The molecular weight excluding hydrogens is 673 g/mol. The van der Waals surface area contributed by atoms with E-state index in [0.717, 1.165) is 18.7 Å². The minimum Gasteiger partial charge on any atom is -0.487 e. The van der Waals surface area contributed by atoms with E-state index in [0.29, 0.717) is 10.0 Å². The van der Waals surface area contributed by atoms with Crippen molar-refractivity contribution in [1.29, 1.82) is 0 Å². The second-order valence-corrected chi connectivity index (χ2v) is 12.9. The van der Waals surface area contributed by atoms with Crippen LogP contribution in [0.3, 0.4) is 0 Å². The quantitative estimate of drug-likeness (QED) is 0.201. The maximum atomic E-state index is 13.6. The van der Waals surface area contributed by atoms with Crippen LogP contribution in [0.25, 0.3) is 0 Å². The number of ether oxygens (including phenoxy) is 3. The molecule has 3 aromatic carbocycles. The minimum atomic E-state index is -6.02. The number of fused-ring (bicyclic) bond motifs is 1. The number of nitrogens with one attached hydrogen (secondary N) is 1. The van der Waals surface area contributed by atoms with Gasteiger partial charge < -0.3 is 18.4 Å². The van der Waals surface area contributed by atoms with Crippen molar-refractivity contribution in [3.8, 4) is 11.5 Å². The fraction of sp³-hybridized carbons (Fsp3) is 0.310. The van der Waals surface area contributed by atoms with Gasteiger partial charge in [-0.15, -0.1) is 0 Å². The molecule has 0 aromatic heterocycles. The van der Waals surface area contributed by atoms with Gasteiger partial charge in [-0.3, -0.25) is 10.2 Å². The van der Waals surface area contributed by atoms with Crippen LogP contribution >= 0.6 is 15.9 Å². The van der Waals surface area contributed by atoms with Crippen LogP contribution in [-0.2, 0) is 26.2 Å². The summed E-state index contributed by atoms with van der Waals surface area (Å²) in [5.74, 6) is -1.42. The molecule has 1 heterocycles. The fourth-order valence-electron chi connectivity index (χ4n) is 4.48. The third kappa shape index (κ3) is 7.21. The van der Waals surface area contributed by atoms with E-state index in [1.165, 1.54) is 29.2 Å². The topological polar surface area (TPSA) is 120 Å². The summed E-state index contributed by atoms with van der Waals surface area (Å²) in [4.78, 5) is 27.3. The average molecular weight is 702 g/mol. The normalized spacial score (nSPS) is 14.9. The molecule has 0 bridgehead atoms. The number of hydrogen-bond donors (Lipinski definition) is 1. The van der Waals surface area contributed by atoms with Gasteiger partial charge in [-0.05, 0) is 38.5 Å². The van der Waals surface area contributed by atoms with Crippen LogP contribution in [-0.4, -0.2) is 45.4 Å². The Kier molecular flexibility index (Phi) is 9.40. The molecule has 10 nitrogen and oxygen atoms in total. The number of nitrogens with zero attached hydrogens (tertiary/aromatic N) is 1. The monoisotopic (exact) mass is 700 g/mol. The molecule has 0 aliphatic carbocycles. The number of methoxy groups -OCH3 is 1. The third-order valence-corrected chi connectivity index (χ3v) is 7.90. The van der Waals surface area contributed by atoms with E-state index < -0.39 is 45.1 Å². The lowest BCUT2D eigenvalue weighted by atomic mass is 9.92. The zero-order valence-corrected chi connectivity index (χ0v) is 26.3. The summed E-state index contributed by atoms with van der Waals surface area (Å²) >= 11 is 3.49. The molecule has 3 aromatic rings. The van der Waals surface area contributed by atoms with Crippen molar-refractivity contribution < 1.29 is 49.6 Å². The molecule has 0 spiro atoms. The first-order valence-electron chi connectivity index (χ1n) is 13.0. The maximum Gasteiger partial charge on any atom is 0.534 e. The Balaban J connectivity index is 1.92. The van der Waals surface area contributed by atoms with E-state index in [4.69, 9.17) is 14.2 Å². The van der Waals surface area contributed by atoms with E-state index in [2.05, 4.69) is 25.4 Å². The highest BCUT2D eigenvalue weighted by molar-refractivity contribution is 9.10. The highest BCUT2D eigenvalue weighted by atomic mass is 79.9. The van der Waals surface area contributed by atoms with E-state index >= 15 is 0 Å². The van der Waals surface area contributed by atoms with Gasteiger partial charge in [0.25, 0.3) is 0 Å². The van der Waals surface area contributed by atoms with Crippen LogP contribution < -0.4 is 19.1 Å². The lowest BCUT2D eigenvalue weighted by Crippen LogP contribution is -2.36. The van der Waals surface area contributed by atoms with Gasteiger partial charge in [-0.25, -0.2) is 9.59 Å². The largest absolute Gasteiger partial charge is 0.534 e. The lowest BCUT2D eigenvalue weighted by molar-refractivity contribution is -0.0500. The SMILES string of the molecule is COC(=O)Nc1c(OCc2ccccc2)cc(Br)c2c1N(C(=O)OC(C)(C)C)CC2c1ccccc1OS(=O)(=O)C(F)(F)F. The highest BCUT2D eigenvalue weighted by Gasteiger charge is 2.49. The smallest absolute Gasteiger partial charge is 0.487 e. The van der Waals surface area contributed by atoms with Crippen LogP contribution in [0.1, 0.15) is 43.4 Å². The van der Waals surface area contributed by atoms with Crippen molar-refractivity contribution >= 4 is 49.6 Å². The number of halogens is 4. The Morgan fingerprint density at radius 2 is 1.66 bits per heavy atom. The Hall–Kier alpha value is -3.98. The number of hydrogen-bond acceptors (Lipinski definition) is 8. The number of para-hydroxylation sites is 1. The molecule has 0 radical (unpaired) electrons. The number of carbonyl (C=O) groups excluding carboxylic acids is 2. The van der Waals surface area contributed by atoms with E-state index in [-0.39, 0.29) is 35.8 Å². The second-order valence-electron chi connectivity index (χ2n) is 10.5. The predicted octanol–water partition coefficient (Wildman–Crippen LogP) is 7.32. The van der Waals surface area contributed by atoms with Crippen LogP contribution in [0.4, 0.5) is 34.1 Å². The van der Waals surface area contributed by atoms with E-state index in [1.54, 1.807) is 20.8 Å². The van der Waals surface area contributed by atoms with Gasteiger partial charge in [0.15, 0.2) is 0 Å². The number of anilines is 2. The predicted molar refractivity (Wildman–Crippen MR) is 158 cm³/mol. The minimum absolute atomic E-state index is 0.0145. The molecule has 1 N–H and O–H groups in total. The molecular formula is C29H28BrF3N2O8S. The number of alkyl halides is 3. The Labute approximate surface area is 260 Å². The average Bonchev–Trinajstić information content (AvgIpc) is 3.34. The van der Waals surface area contributed by atoms with Gasteiger partial charge in [0.2, 0.25) is 0 Å². The van der Waals surface area contributed by atoms with Gasteiger partial charge in [0.1, 0.15) is 29.4 Å². The van der Waals surface area contributed by atoms with Crippen LogP contribution in [0.2, 0.25) is 0 Å². The summed E-state index contributed by atoms with van der Waals surface area (Å²) in [5.41, 5.74) is -5.39. The molecule has 1 aliphatic heterocycles. The Morgan fingerprint density at radius 1 is 1.02 bits per heavy atom. The number of benzene rings is 3. The third-order valence-electron chi connectivity index (χ3n) is 6.28. The van der Waals surface area contributed by atoms with Crippen molar-refractivity contribution in [1.82, 2.24) is 0 Å². The first-order chi connectivity index (χ1) is 20.5. The molecule has 0 saturated carbocycles. The van der Waals surface area contributed by atoms with E-state index in [1.807, 2.05) is 30.3 Å². The van der Waals surface area contributed by atoms with Gasteiger partial charge in [-0.1, -0.05) is 64.5 Å². The molecule has 0 saturated heterocycles. The summed E-state index contributed by atoms with van der Waals surface area (Å²) in [6.07, 6.45) is -1.74. The summed E-state index contributed by atoms with van der Waals surface area (Å²) < 4.78 is 85.0. The summed E-state index contributed by atoms with van der Waals surface area (Å²) in [6.45, 7) is 4.78.